The van der Waals surface area contributed by atoms with E-state index in [-0.39, 0.29) is 25.1 Å². The highest BCUT2D eigenvalue weighted by atomic mass is 35.5. The van der Waals surface area contributed by atoms with Crippen molar-refractivity contribution >= 4 is 57.3 Å². The minimum Gasteiger partial charge on any atom is -0.427 e. The van der Waals surface area contributed by atoms with E-state index < -0.39 is 23.5 Å². The first-order valence-electron chi connectivity index (χ1n) is 14.0. The maximum absolute atomic E-state index is 13.6. The number of pyridine rings is 1. The number of amides is 2. The normalized spacial score (nSPS) is 15.7. The van der Waals surface area contributed by atoms with Crippen LogP contribution in [-0.2, 0) is 22.7 Å². The number of anilines is 1. The highest BCUT2D eigenvalue weighted by Gasteiger charge is 2.39. The number of nitrogens with zero attached hydrogens (tertiary/aromatic N) is 3. The van der Waals surface area contributed by atoms with E-state index in [0.29, 0.717) is 33.6 Å². The first-order chi connectivity index (χ1) is 20.8. The number of oxime groups is 1. The van der Waals surface area contributed by atoms with Gasteiger partial charge in [0, 0.05) is 30.1 Å². The molecule has 0 bridgehead atoms. The molecule has 2 aromatic carbocycles. The van der Waals surface area contributed by atoms with Crippen LogP contribution in [0.15, 0.2) is 81.2 Å². The van der Waals surface area contributed by atoms with Gasteiger partial charge in [0.2, 0.25) is 5.91 Å². The highest BCUT2D eigenvalue weighted by Crippen LogP contribution is 2.25. The zero-order chi connectivity index (χ0) is 30.3. The zero-order valence-corrected chi connectivity index (χ0v) is 25.0. The molecule has 1 fully saturated rings. The third-order valence-corrected chi connectivity index (χ3v) is 7.88. The molecule has 1 aliphatic heterocycles. The van der Waals surface area contributed by atoms with Gasteiger partial charge in [0.05, 0.1) is 27.8 Å². The number of halogens is 2. The minimum atomic E-state index is -0.937. The smallest absolute Gasteiger partial charge is 0.348 e. The number of likely N-dealkylation sites (tertiary alicyclic amines) is 1. The Kier molecular flexibility index (Phi) is 9.74. The molecule has 1 saturated heterocycles. The molecule has 4 aromatic rings. The topological polar surface area (TPSA) is 114 Å². The summed E-state index contributed by atoms with van der Waals surface area (Å²) < 4.78 is 5.44. The third kappa shape index (κ3) is 7.42. The average molecular weight is 622 g/mol. The van der Waals surface area contributed by atoms with Crippen molar-refractivity contribution in [2.45, 2.75) is 51.7 Å². The van der Waals surface area contributed by atoms with Crippen LogP contribution in [0.25, 0.3) is 10.9 Å². The van der Waals surface area contributed by atoms with Crippen molar-refractivity contribution in [3.63, 3.8) is 0 Å². The number of carbonyl (C=O) groups excluding carboxylic acids is 2. The van der Waals surface area contributed by atoms with Crippen LogP contribution in [0.4, 0.5) is 5.69 Å². The van der Waals surface area contributed by atoms with E-state index in [2.05, 4.69) is 22.4 Å². The molecule has 0 spiro atoms. The Bertz CT molecular complexity index is 1740. The van der Waals surface area contributed by atoms with Crippen molar-refractivity contribution < 1.29 is 18.8 Å². The van der Waals surface area contributed by atoms with Gasteiger partial charge in [-0.25, -0.2) is 4.79 Å². The molecular formula is C32H30Cl2N4O5. The fourth-order valence-corrected chi connectivity index (χ4v) is 5.19. The first kappa shape index (κ1) is 30.3. The molecule has 3 heterocycles. The Morgan fingerprint density at radius 3 is 2.74 bits per heavy atom. The molecule has 0 aliphatic carbocycles. The van der Waals surface area contributed by atoms with Gasteiger partial charge in [-0.2, -0.15) is 0 Å². The molecule has 0 radical (unpaired) electrons. The second kappa shape index (κ2) is 13.8. The van der Waals surface area contributed by atoms with Crippen LogP contribution >= 0.6 is 23.2 Å². The van der Waals surface area contributed by atoms with Crippen molar-refractivity contribution in [3.05, 3.63) is 104 Å². The van der Waals surface area contributed by atoms with E-state index in [4.69, 9.17) is 32.5 Å². The molecule has 222 valence electrons. The summed E-state index contributed by atoms with van der Waals surface area (Å²) in [6.07, 6.45) is 5.36. The molecule has 1 atom stereocenters. The molecule has 2 amide bonds. The van der Waals surface area contributed by atoms with Crippen molar-refractivity contribution in [2.75, 3.05) is 11.9 Å². The van der Waals surface area contributed by atoms with E-state index in [1.165, 1.54) is 11.0 Å². The van der Waals surface area contributed by atoms with Crippen LogP contribution in [0.2, 0.25) is 10.0 Å². The molecule has 2 aromatic heterocycles. The summed E-state index contributed by atoms with van der Waals surface area (Å²) in [7, 11) is 0. The van der Waals surface area contributed by atoms with Crippen molar-refractivity contribution in [2.24, 2.45) is 5.16 Å². The van der Waals surface area contributed by atoms with E-state index in [9.17, 15) is 14.4 Å². The molecule has 0 saturated carbocycles. The van der Waals surface area contributed by atoms with Gasteiger partial charge in [-0.05, 0) is 60.5 Å². The average Bonchev–Trinajstić information content (AvgIpc) is 3.43. The van der Waals surface area contributed by atoms with Crippen LogP contribution in [-0.4, -0.2) is 40.0 Å². The van der Waals surface area contributed by atoms with Crippen LogP contribution in [0.3, 0.4) is 0 Å². The molecule has 9 nitrogen and oxygen atoms in total. The summed E-state index contributed by atoms with van der Waals surface area (Å²) >= 11 is 12.1. The summed E-state index contributed by atoms with van der Waals surface area (Å²) in [5, 5.41) is 8.78. The Balaban J connectivity index is 1.36. The third-order valence-electron chi connectivity index (χ3n) is 7.14. The SMILES string of the molecule is CCCCCc1ccc(C(=O)N2C/C(=N/OCc3ccc(Cl)c(Cl)c3)C[C@H]2C(=O)Nc2ccc3ncccc3c2)c(=O)o1. The lowest BCUT2D eigenvalue weighted by molar-refractivity contribution is -0.119. The largest absolute Gasteiger partial charge is 0.427 e. The fraction of sp³-hybridized carbons (Fsp3) is 0.281. The molecule has 0 unspecified atom stereocenters. The fourth-order valence-electron chi connectivity index (χ4n) is 4.87. The lowest BCUT2D eigenvalue weighted by atomic mass is 10.1. The number of benzene rings is 2. The summed E-state index contributed by atoms with van der Waals surface area (Å²) in [5.74, 6) is -0.521. The van der Waals surface area contributed by atoms with Gasteiger partial charge in [-0.1, -0.05) is 60.3 Å². The van der Waals surface area contributed by atoms with Gasteiger partial charge in [0.25, 0.3) is 5.91 Å². The Hall–Kier alpha value is -4.21. The quantitative estimate of drug-likeness (QED) is 0.157. The number of nitrogens with one attached hydrogen (secondary N) is 1. The lowest BCUT2D eigenvalue weighted by Gasteiger charge is -2.23. The van der Waals surface area contributed by atoms with E-state index >= 15 is 0 Å². The predicted octanol–water partition coefficient (Wildman–Crippen LogP) is 6.65. The second-order valence-corrected chi connectivity index (χ2v) is 11.1. The summed E-state index contributed by atoms with van der Waals surface area (Å²) in [4.78, 5) is 51.2. The maximum atomic E-state index is 13.6. The monoisotopic (exact) mass is 620 g/mol. The van der Waals surface area contributed by atoms with Crippen LogP contribution in [0.5, 0.6) is 0 Å². The number of unbranched alkanes of at least 4 members (excludes halogenated alkanes) is 2. The number of hydrogen-bond donors (Lipinski definition) is 1. The summed E-state index contributed by atoms with van der Waals surface area (Å²) in [6.45, 7) is 2.20. The molecular weight excluding hydrogens is 591 g/mol. The van der Waals surface area contributed by atoms with E-state index in [0.717, 1.165) is 35.7 Å². The predicted molar refractivity (Wildman–Crippen MR) is 167 cm³/mol. The van der Waals surface area contributed by atoms with Gasteiger partial charge >= 0.3 is 5.63 Å². The Morgan fingerprint density at radius 2 is 1.95 bits per heavy atom. The maximum Gasteiger partial charge on any atom is 0.348 e. The van der Waals surface area contributed by atoms with Crippen LogP contribution in [0, 0.1) is 0 Å². The second-order valence-electron chi connectivity index (χ2n) is 10.3. The number of rotatable bonds is 10. The summed E-state index contributed by atoms with van der Waals surface area (Å²) in [5.41, 5.74) is 1.68. The highest BCUT2D eigenvalue weighted by molar-refractivity contribution is 6.42. The number of aromatic nitrogens is 1. The molecule has 1 aliphatic rings. The summed E-state index contributed by atoms with van der Waals surface area (Å²) in [6, 6.07) is 16.3. The van der Waals surface area contributed by atoms with Gasteiger partial charge in [-0.15, -0.1) is 0 Å². The number of aryl methyl sites for hydroxylation is 1. The van der Waals surface area contributed by atoms with Crippen LogP contribution < -0.4 is 10.9 Å². The minimum absolute atomic E-state index is 0.00236. The first-order valence-corrected chi connectivity index (χ1v) is 14.8. The molecule has 5 rings (SSSR count). The molecule has 43 heavy (non-hydrogen) atoms. The van der Waals surface area contributed by atoms with Crippen molar-refractivity contribution in [1.82, 2.24) is 9.88 Å². The van der Waals surface area contributed by atoms with Gasteiger partial charge in [0.1, 0.15) is 24.0 Å². The van der Waals surface area contributed by atoms with Crippen molar-refractivity contribution in [1.29, 1.82) is 0 Å². The zero-order valence-electron chi connectivity index (χ0n) is 23.5. The van der Waals surface area contributed by atoms with Gasteiger partial charge < -0.3 is 19.5 Å². The van der Waals surface area contributed by atoms with Gasteiger partial charge in [0.15, 0.2) is 0 Å². The molecule has 11 heteroatoms. The number of fused-ring (bicyclic) bond motifs is 1. The molecule has 1 N–H and O–H groups in total. The Labute approximate surface area is 258 Å². The van der Waals surface area contributed by atoms with E-state index in [1.54, 1.807) is 42.6 Å². The lowest BCUT2D eigenvalue weighted by Crippen LogP contribution is -2.44. The van der Waals surface area contributed by atoms with E-state index in [1.807, 2.05) is 18.2 Å². The van der Waals surface area contributed by atoms with Gasteiger partial charge in [-0.3, -0.25) is 14.6 Å². The Morgan fingerprint density at radius 1 is 1.09 bits per heavy atom. The van der Waals surface area contributed by atoms with Crippen LogP contribution in [0.1, 0.15) is 54.3 Å². The standard InChI is InChI=1S/C32H30Cl2N4O5/c1-2-3-4-7-24-10-11-25(32(41)43-24)31(40)38-18-23(37-42-19-20-8-12-26(33)27(34)15-20)17-29(38)30(39)36-22-9-13-28-21(16-22)6-5-14-35-28/h5-6,8-16,29H,2-4,7,17-19H2,1H3,(H,36,39)/b37-23+/t29-/m0/s1. The van der Waals surface area contributed by atoms with Crippen molar-refractivity contribution in [3.8, 4) is 0 Å². The number of carbonyl (C=O) groups is 2. The number of hydrogen-bond acceptors (Lipinski definition) is 7.